The third-order valence-electron chi connectivity index (χ3n) is 4.00. The van der Waals surface area contributed by atoms with E-state index in [1.54, 1.807) is 14.2 Å². The van der Waals surface area contributed by atoms with E-state index in [2.05, 4.69) is 27.7 Å². The lowest BCUT2D eigenvalue weighted by molar-refractivity contribution is -0.0133. The van der Waals surface area contributed by atoms with Gasteiger partial charge in [-0.1, -0.05) is 27.7 Å². The van der Waals surface area contributed by atoms with Crippen molar-refractivity contribution in [1.29, 1.82) is 0 Å². The number of carbonyl (C=O) groups is 1. The number of rotatable bonds is 8. The van der Waals surface area contributed by atoms with Gasteiger partial charge in [-0.05, 0) is 11.8 Å². The van der Waals surface area contributed by atoms with Gasteiger partial charge in [-0.25, -0.2) is 4.79 Å². The van der Waals surface area contributed by atoms with E-state index in [0.717, 1.165) is 13.1 Å². The molecule has 118 valence electrons. The van der Waals surface area contributed by atoms with Crippen LogP contribution in [0.1, 0.15) is 27.7 Å². The van der Waals surface area contributed by atoms with E-state index in [1.807, 2.05) is 9.80 Å². The number of hydrogen-bond donors (Lipinski definition) is 0. The van der Waals surface area contributed by atoms with Gasteiger partial charge in [0, 0.05) is 33.9 Å². The maximum Gasteiger partial charge on any atom is 0.320 e. The fourth-order valence-electron chi connectivity index (χ4n) is 3.01. The van der Waals surface area contributed by atoms with Crippen LogP contribution in [0.2, 0.25) is 0 Å². The molecule has 1 aliphatic rings. The van der Waals surface area contributed by atoms with Gasteiger partial charge in [0.15, 0.2) is 0 Å². The average molecular weight is 286 g/mol. The third-order valence-corrected chi connectivity index (χ3v) is 4.00. The van der Waals surface area contributed by atoms with Crippen molar-refractivity contribution in [2.75, 3.05) is 40.5 Å². The summed E-state index contributed by atoms with van der Waals surface area (Å²) in [7, 11) is 3.40. The summed E-state index contributed by atoms with van der Waals surface area (Å²) < 4.78 is 10.7. The first kappa shape index (κ1) is 17.2. The lowest BCUT2D eigenvalue weighted by atomic mass is 9.90. The fourth-order valence-corrected chi connectivity index (χ4v) is 3.01. The molecule has 2 amide bonds. The van der Waals surface area contributed by atoms with Crippen molar-refractivity contribution in [3.63, 3.8) is 0 Å². The molecule has 5 heteroatoms. The third kappa shape index (κ3) is 3.85. The molecule has 1 rings (SSSR count). The Kier molecular flexibility index (Phi) is 6.76. The Balaban J connectivity index is 2.81. The quantitative estimate of drug-likeness (QED) is 0.686. The minimum absolute atomic E-state index is 0.0707. The van der Waals surface area contributed by atoms with Crippen molar-refractivity contribution in [3.05, 3.63) is 0 Å². The number of hydrogen-bond acceptors (Lipinski definition) is 3. The highest BCUT2D eigenvalue weighted by molar-refractivity contribution is 5.77. The number of nitrogens with zero attached hydrogens (tertiary/aromatic N) is 2. The molecule has 1 aliphatic heterocycles. The molecule has 0 aromatic heterocycles. The van der Waals surface area contributed by atoms with Gasteiger partial charge in [0.05, 0.1) is 18.8 Å². The number of carbonyl (C=O) groups excluding carboxylic acids is 1. The maximum atomic E-state index is 12.5. The largest absolute Gasteiger partial charge is 0.383 e. The zero-order valence-electron chi connectivity index (χ0n) is 13.8. The topological polar surface area (TPSA) is 42.0 Å². The smallest absolute Gasteiger partial charge is 0.320 e. The molecule has 2 unspecified atom stereocenters. The summed E-state index contributed by atoms with van der Waals surface area (Å²) in [6, 6.07) is 0.239. The van der Waals surface area contributed by atoms with Crippen LogP contribution in [-0.4, -0.2) is 68.4 Å². The monoisotopic (exact) mass is 286 g/mol. The fraction of sp³-hybridized carbons (Fsp3) is 0.933. The highest BCUT2D eigenvalue weighted by atomic mass is 16.5. The molecular formula is C15H30N2O3. The molecule has 0 N–H and O–H groups in total. The highest BCUT2D eigenvalue weighted by Crippen LogP contribution is 2.25. The molecule has 20 heavy (non-hydrogen) atoms. The zero-order valence-corrected chi connectivity index (χ0v) is 13.8. The van der Waals surface area contributed by atoms with Gasteiger partial charge in [-0.3, -0.25) is 0 Å². The molecular weight excluding hydrogens is 256 g/mol. The molecule has 0 radical (unpaired) electrons. The minimum Gasteiger partial charge on any atom is -0.383 e. The van der Waals surface area contributed by atoms with Gasteiger partial charge in [0.1, 0.15) is 0 Å². The summed E-state index contributed by atoms with van der Waals surface area (Å²) in [5, 5.41) is 0. The number of amides is 2. The van der Waals surface area contributed by atoms with E-state index in [4.69, 9.17) is 9.47 Å². The normalized spacial score (nSPS) is 19.3. The Morgan fingerprint density at radius 3 is 2.20 bits per heavy atom. The average Bonchev–Trinajstić information content (AvgIpc) is 2.73. The second-order valence-corrected chi connectivity index (χ2v) is 6.13. The Morgan fingerprint density at radius 2 is 1.75 bits per heavy atom. The Bertz CT molecular complexity index is 307. The summed E-state index contributed by atoms with van der Waals surface area (Å²) in [5.41, 5.74) is 0. The second kappa shape index (κ2) is 7.84. The molecule has 0 saturated carbocycles. The summed E-state index contributed by atoms with van der Waals surface area (Å²) in [6.45, 7) is 11.4. The molecule has 0 spiro atoms. The van der Waals surface area contributed by atoms with Gasteiger partial charge in [-0.15, -0.1) is 0 Å². The zero-order chi connectivity index (χ0) is 15.3. The standard InChI is InChI=1S/C15H30N2O3/c1-11(2)13(14(20-6)12(3)4)17-8-7-16(15(17)18)9-10-19-5/h11-14H,7-10H2,1-6H3. The summed E-state index contributed by atoms with van der Waals surface area (Å²) in [6.07, 6.45) is 0.0707. The van der Waals surface area contributed by atoms with Crippen LogP contribution in [0, 0.1) is 11.8 Å². The van der Waals surface area contributed by atoms with Crippen LogP contribution in [0.15, 0.2) is 0 Å². The lowest BCUT2D eigenvalue weighted by Crippen LogP contribution is -2.51. The van der Waals surface area contributed by atoms with Crippen molar-refractivity contribution >= 4 is 6.03 Å². The second-order valence-electron chi connectivity index (χ2n) is 6.13. The Labute approximate surface area is 123 Å². The first-order chi connectivity index (χ1) is 9.43. The van der Waals surface area contributed by atoms with Crippen LogP contribution in [0.4, 0.5) is 4.79 Å². The van der Waals surface area contributed by atoms with Crippen molar-refractivity contribution in [2.45, 2.75) is 39.8 Å². The number of urea groups is 1. The highest BCUT2D eigenvalue weighted by Gasteiger charge is 2.39. The van der Waals surface area contributed by atoms with E-state index in [1.165, 1.54) is 0 Å². The lowest BCUT2D eigenvalue weighted by Gasteiger charge is -2.38. The Morgan fingerprint density at radius 1 is 1.10 bits per heavy atom. The molecule has 1 saturated heterocycles. The SMILES string of the molecule is COCCN1CCN(C(C(C)C)C(OC)C(C)C)C1=O. The number of ether oxygens (including phenoxy) is 2. The summed E-state index contributed by atoms with van der Waals surface area (Å²) in [4.78, 5) is 16.4. The van der Waals surface area contributed by atoms with Crippen LogP contribution in [0.25, 0.3) is 0 Å². The van der Waals surface area contributed by atoms with E-state index in [0.29, 0.717) is 25.0 Å². The molecule has 1 fully saturated rings. The minimum atomic E-state index is 0.0707. The van der Waals surface area contributed by atoms with Gasteiger partial charge >= 0.3 is 6.03 Å². The van der Waals surface area contributed by atoms with Gasteiger partial charge in [0.2, 0.25) is 0 Å². The van der Waals surface area contributed by atoms with Crippen molar-refractivity contribution in [2.24, 2.45) is 11.8 Å². The van der Waals surface area contributed by atoms with Crippen molar-refractivity contribution in [3.8, 4) is 0 Å². The molecule has 0 aliphatic carbocycles. The summed E-state index contributed by atoms with van der Waals surface area (Å²) >= 11 is 0. The maximum absolute atomic E-state index is 12.5. The van der Waals surface area contributed by atoms with Crippen molar-refractivity contribution in [1.82, 2.24) is 9.80 Å². The molecule has 0 aromatic rings. The van der Waals surface area contributed by atoms with E-state index >= 15 is 0 Å². The molecule has 0 bridgehead atoms. The van der Waals surface area contributed by atoms with Crippen LogP contribution < -0.4 is 0 Å². The van der Waals surface area contributed by atoms with Gasteiger partial charge in [0.25, 0.3) is 0 Å². The first-order valence-electron chi connectivity index (χ1n) is 7.51. The first-order valence-corrected chi connectivity index (χ1v) is 7.51. The van der Waals surface area contributed by atoms with Gasteiger partial charge < -0.3 is 19.3 Å². The molecule has 2 atom stereocenters. The predicted molar refractivity (Wildman–Crippen MR) is 79.8 cm³/mol. The van der Waals surface area contributed by atoms with Crippen LogP contribution in [-0.2, 0) is 9.47 Å². The van der Waals surface area contributed by atoms with E-state index in [9.17, 15) is 4.79 Å². The molecule has 0 aromatic carbocycles. The molecule has 5 nitrogen and oxygen atoms in total. The van der Waals surface area contributed by atoms with Crippen molar-refractivity contribution < 1.29 is 14.3 Å². The van der Waals surface area contributed by atoms with E-state index in [-0.39, 0.29) is 18.2 Å². The van der Waals surface area contributed by atoms with Crippen LogP contribution in [0.5, 0.6) is 0 Å². The van der Waals surface area contributed by atoms with Crippen LogP contribution in [0.3, 0.4) is 0 Å². The summed E-state index contributed by atoms with van der Waals surface area (Å²) in [5.74, 6) is 0.752. The Hall–Kier alpha value is -0.810. The molecule has 1 heterocycles. The van der Waals surface area contributed by atoms with E-state index < -0.39 is 0 Å². The van der Waals surface area contributed by atoms with Gasteiger partial charge in [-0.2, -0.15) is 0 Å². The van der Waals surface area contributed by atoms with Crippen LogP contribution >= 0.6 is 0 Å². The predicted octanol–water partition coefficient (Wildman–Crippen LogP) is 2.07. The number of methoxy groups -OCH3 is 2.